The van der Waals surface area contributed by atoms with Gasteiger partial charge in [0, 0.05) is 39.0 Å². The molecule has 33 heavy (non-hydrogen) atoms. The molecule has 0 fully saturated rings. The van der Waals surface area contributed by atoms with Crippen molar-refractivity contribution in [3.05, 3.63) is 76.4 Å². The van der Waals surface area contributed by atoms with Gasteiger partial charge in [-0.15, -0.1) is 10.2 Å². The number of halogens is 2. The van der Waals surface area contributed by atoms with Crippen molar-refractivity contribution < 1.29 is 18.3 Å². The number of nitrogens with zero attached hydrogens (tertiary/aromatic N) is 4. The van der Waals surface area contributed by atoms with Gasteiger partial charge in [-0.25, -0.2) is 8.78 Å². The predicted octanol–water partition coefficient (Wildman–Crippen LogP) is 3.04. The molecule has 0 spiro atoms. The van der Waals surface area contributed by atoms with Gasteiger partial charge in [0.1, 0.15) is 23.2 Å². The molecule has 0 radical (unpaired) electrons. The normalized spacial score (nSPS) is 16.5. The van der Waals surface area contributed by atoms with Crippen LogP contribution in [0.5, 0.6) is 5.75 Å². The van der Waals surface area contributed by atoms with Crippen LogP contribution in [0.25, 0.3) is 0 Å². The quantitative estimate of drug-likeness (QED) is 0.643. The number of rotatable bonds is 5. The van der Waals surface area contributed by atoms with Crippen LogP contribution in [0, 0.1) is 11.6 Å². The van der Waals surface area contributed by atoms with Crippen molar-refractivity contribution in [3.63, 3.8) is 0 Å². The highest BCUT2D eigenvalue weighted by atomic mass is 19.1. The molecular formula is C24H25F2N5O2. The van der Waals surface area contributed by atoms with Gasteiger partial charge in [0.05, 0.1) is 18.2 Å². The number of ether oxygens (including phenoxy) is 1. The zero-order valence-electron chi connectivity index (χ0n) is 18.4. The standard InChI is InChI=1S/C24H25F2N5O2/c1-15(27-24(32)19-13-18(25)3-4-20(19)26)23-29-28-22-6-8-30(9-10-31(22)23)14-16-2-5-21-17(12-16)7-11-33-21/h2-5,12-13,15H,6-11,14H2,1H3,(H,27,32)/t15-/m0/s1. The van der Waals surface area contributed by atoms with Gasteiger partial charge in [-0.2, -0.15) is 0 Å². The molecule has 2 aliphatic rings. The third-order valence-electron chi connectivity index (χ3n) is 6.22. The molecule has 0 saturated heterocycles. The van der Waals surface area contributed by atoms with Crippen molar-refractivity contribution in [2.24, 2.45) is 0 Å². The van der Waals surface area contributed by atoms with Gasteiger partial charge in [-0.3, -0.25) is 9.69 Å². The summed E-state index contributed by atoms with van der Waals surface area (Å²) in [4.78, 5) is 14.9. The van der Waals surface area contributed by atoms with E-state index in [2.05, 4.69) is 32.5 Å². The molecular weight excluding hydrogens is 428 g/mol. The molecule has 0 aliphatic carbocycles. The summed E-state index contributed by atoms with van der Waals surface area (Å²) in [5.74, 6) is 0.323. The largest absolute Gasteiger partial charge is 0.493 e. The molecule has 0 unspecified atom stereocenters. The topological polar surface area (TPSA) is 72.3 Å². The summed E-state index contributed by atoms with van der Waals surface area (Å²) in [6, 6.07) is 8.70. The number of fused-ring (bicyclic) bond motifs is 2. The van der Waals surface area contributed by atoms with Gasteiger partial charge in [0.2, 0.25) is 0 Å². The number of amides is 1. The molecule has 2 aromatic carbocycles. The van der Waals surface area contributed by atoms with E-state index in [1.807, 2.05) is 10.6 Å². The molecule has 172 valence electrons. The first kappa shape index (κ1) is 21.5. The number of aromatic nitrogens is 3. The molecule has 7 nitrogen and oxygen atoms in total. The lowest BCUT2D eigenvalue weighted by Crippen LogP contribution is -2.30. The van der Waals surface area contributed by atoms with Gasteiger partial charge in [-0.1, -0.05) is 12.1 Å². The lowest BCUT2D eigenvalue weighted by Gasteiger charge is -2.20. The maximum absolute atomic E-state index is 14.0. The van der Waals surface area contributed by atoms with E-state index in [1.165, 1.54) is 11.1 Å². The van der Waals surface area contributed by atoms with Crippen LogP contribution in [-0.2, 0) is 25.9 Å². The first-order valence-corrected chi connectivity index (χ1v) is 11.1. The third kappa shape index (κ3) is 4.45. The van der Waals surface area contributed by atoms with E-state index in [1.54, 1.807) is 6.92 Å². The summed E-state index contributed by atoms with van der Waals surface area (Å²) in [6.45, 7) is 5.69. The molecule has 3 aromatic rings. The van der Waals surface area contributed by atoms with E-state index in [0.29, 0.717) is 12.4 Å². The van der Waals surface area contributed by atoms with Crippen LogP contribution in [-0.4, -0.2) is 45.3 Å². The zero-order chi connectivity index (χ0) is 22.9. The second kappa shape index (κ2) is 8.90. The van der Waals surface area contributed by atoms with Crippen LogP contribution in [0.2, 0.25) is 0 Å². The van der Waals surface area contributed by atoms with Gasteiger partial charge in [0.15, 0.2) is 5.82 Å². The Morgan fingerprint density at radius 2 is 2.00 bits per heavy atom. The predicted molar refractivity (Wildman–Crippen MR) is 117 cm³/mol. The lowest BCUT2D eigenvalue weighted by molar-refractivity contribution is 0.0933. The monoisotopic (exact) mass is 453 g/mol. The molecule has 3 heterocycles. The highest BCUT2D eigenvalue weighted by Gasteiger charge is 2.24. The van der Waals surface area contributed by atoms with Crippen LogP contribution in [0.15, 0.2) is 36.4 Å². The number of nitrogens with one attached hydrogen (secondary N) is 1. The van der Waals surface area contributed by atoms with E-state index in [-0.39, 0.29) is 5.56 Å². The maximum atomic E-state index is 14.0. The number of hydrogen-bond donors (Lipinski definition) is 1. The minimum Gasteiger partial charge on any atom is -0.493 e. The first-order chi connectivity index (χ1) is 16.0. The Morgan fingerprint density at radius 1 is 1.12 bits per heavy atom. The van der Waals surface area contributed by atoms with Crippen molar-refractivity contribution in [1.29, 1.82) is 0 Å². The van der Waals surface area contributed by atoms with E-state index >= 15 is 0 Å². The van der Waals surface area contributed by atoms with Crippen LogP contribution in [0.3, 0.4) is 0 Å². The highest BCUT2D eigenvalue weighted by Crippen LogP contribution is 2.26. The van der Waals surface area contributed by atoms with Crippen LogP contribution in [0.4, 0.5) is 8.78 Å². The van der Waals surface area contributed by atoms with Crippen molar-refractivity contribution in [1.82, 2.24) is 25.0 Å². The average molecular weight is 453 g/mol. The maximum Gasteiger partial charge on any atom is 0.254 e. The second-order valence-electron chi connectivity index (χ2n) is 8.51. The summed E-state index contributed by atoms with van der Waals surface area (Å²) >= 11 is 0. The van der Waals surface area contributed by atoms with Crippen LogP contribution in [0.1, 0.15) is 46.1 Å². The third-order valence-corrected chi connectivity index (χ3v) is 6.22. The second-order valence-corrected chi connectivity index (χ2v) is 8.51. The summed E-state index contributed by atoms with van der Waals surface area (Å²) in [5, 5.41) is 11.3. The molecule has 2 aliphatic heterocycles. The zero-order valence-corrected chi connectivity index (χ0v) is 18.4. The average Bonchev–Trinajstić information content (AvgIpc) is 3.38. The van der Waals surface area contributed by atoms with Crippen molar-refractivity contribution in [2.75, 3.05) is 19.7 Å². The first-order valence-electron chi connectivity index (χ1n) is 11.1. The SMILES string of the molecule is C[C@H](NC(=O)c1cc(F)ccc1F)c1nnc2n1CCN(Cc1ccc3c(c1)CCO3)CC2. The Bertz CT molecular complexity index is 1200. The highest BCUT2D eigenvalue weighted by molar-refractivity contribution is 5.94. The molecule has 9 heteroatoms. The summed E-state index contributed by atoms with van der Waals surface area (Å²) < 4.78 is 35.0. The Morgan fingerprint density at radius 3 is 2.88 bits per heavy atom. The molecule has 1 aromatic heterocycles. The van der Waals surface area contributed by atoms with E-state index in [4.69, 9.17) is 4.74 Å². The van der Waals surface area contributed by atoms with Crippen molar-refractivity contribution in [2.45, 2.75) is 38.9 Å². The van der Waals surface area contributed by atoms with Gasteiger partial charge in [0.25, 0.3) is 5.91 Å². The number of benzene rings is 2. The molecule has 5 rings (SSSR count). The minimum atomic E-state index is -0.769. The Labute approximate surface area is 190 Å². The Kier molecular flexibility index (Phi) is 5.80. The molecule has 0 saturated carbocycles. The number of hydrogen-bond acceptors (Lipinski definition) is 5. The van der Waals surface area contributed by atoms with Crippen molar-refractivity contribution in [3.8, 4) is 5.75 Å². The smallest absolute Gasteiger partial charge is 0.254 e. The van der Waals surface area contributed by atoms with Gasteiger partial charge < -0.3 is 14.6 Å². The van der Waals surface area contributed by atoms with Gasteiger partial charge >= 0.3 is 0 Å². The number of carbonyl (C=O) groups excluding carboxylic acids is 1. The van der Waals surface area contributed by atoms with E-state index in [0.717, 1.165) is 68.9 Å². The Hall–Kier alpha value is -3.33. The fourth-order valence-corrected chi connectivity index (χ4v) is 4.47. The Balaban J connectivity index is 1.25. The van der Waals surface area contributed by atoms with Crippen LogP contribution >= 0.6 is 0 Å². The van der Waals surface area contributed by atoms with E-state index in [9.17, 15) is 13.6 Å². The summed E-state index contributed by atoms with van der Waals surface area (Å²) in [5.41, 5.74) is 2.19. The molecule has 0 bridgehead atoms. The van der Waals surface area contributed by atoms with E-state index < -0.39 is 23.6 Å². The van der Waals surface area contributed by atoms with Crippen molar-refractivity contribution >= 4 is 5.91 Å². The van der Waals surface area contributed by atoms with Gasteiger partial charge in [-0.05, 0) is 42.3 Å². The number of carbonyl (C=O) groups is 1. The fraction of sp³-hybridized carbons (Fsp3) is 0.375. The minimum absolute atomic E-state index is 0.330. The summed E-state index contributed by atoms with van der Waals surface area (Å²) in [7, 11) is 0. The molecule has 1 N–H and O–H groups in total. The fourth-order valence-electron chi connectivity index (χ4n) is 4.47. The van der Waals surface area contributed by atoms with Crippen LogP contribution < -0.4 is 10.1 Å². The molecule has 1 atom stereocenters. The lowest BCUT2D eigenvalue weighted by atomic mass is 10.1. The summed E-state index contributed by atoms with van der Waals surface area (Å²) in [6.07, 6.45) is 1.69. The molecule has 1 amide bonds.